The Hall–Kier alpha value is -3.13. The number of primary amides is 1. The number of hydrogen-bond donors (Lipinski definition) is 2. The molecule has 0 saturated carbocycles. The van der Waals surface area contributed by atoms with Crippen LogP contribution in [0.4, 0.5) is 0 Å². The summed E-state index contributed by atoms with van der Waals surface area (Å²) in [5.41, 5.74) is 7.38. The second kappa shape index (κ2) is 7.01. The maximum absolute atomic E-state index is 11.8. The molecule has 0 fully saturated rings. The predicted molar refractivity (Wildman–Crippen MR) is 100.0 cm³/mol. The molecule has 2 heterocycles. The van der Waals surface area contributed by atoms with Crippen molar-refractivity contribution in [1.82, 2.24) is 9.97 Å². The first kappa shape index (κ1) is 17.7. The number of hydrogen-bond acceptors (Lipinski definition) is 6. The van der Waals surface area contributed by atoms with Crippen LogP contribution < -0.4 is 20.8 Å². The van der Waals surface area contributed by atoms with Crippen molar-refractivity contribution in [2.75, 3.05) is 14.2 Å². The summed E-state index contributed by atoms with van der Waals surface area (Å²) in [4.78, 5) is 30.5. The lowest BCUT2D eigenvalue weighted by Gasteiger charge is -2.08. The average Bonchev–Trinajstić information content (AvgIpc) is 3.10. The number of nitrogens with one attached hydrogen (secondary N) is 1. The Morgan fingerprint density at radius 3 is 2.62 bits per heavy atom. The molecule has 0 unspecified atom stereocenters. The van der Waals surface area contributed by atoms with Gasteiger partial charge in [-0.15, -0.1) is 11.3 Å². The van der Waals surface area contributed by atoms with Gasteiger partial charge in [0.2, 0.25) is 0 Å². The van der Waals surface area contributed by atoms with Crippen LogP contribution in [-0.4, -0.2) is 30.1 Å². The Morgan fingerprint density at radius 2 is 1.96 bits per heavy atom. The number of benzene rings is 1. The molecule has 0 saturated heterocycles. The smallest absolute Gasteiger partial charge is 0.261 e. The van der Waals surface area contributed by atoms with Gasteiger partial charge in [-0.3, -0.25) is 9.59 Å². The zero-order chi connectivity index (χ0) is 18.8. The largest absolute Gasteiger partial charge is 0.497 e. The minimum atomic E-state index is -0.778. The monoisotopic (exact) mass is 371 g/mol. The molecule has 0 spiro atoms. The Kier molecular flexibility index (Phi) is 4.77. The fraction of sp³-hybridized carbons (Fsp3) is 0.167. The second-order valence-corrected chi connectivity index (χ2v) is 6.38. The first-order valence-electron chi connectivity index (χ1n) is 7.66. The third kappa shape index (κ3) is 3.18. The maximum Gasteiger partial charge on any atom is 0.261 e. The van der Waals surface area contributed by atoms with Crippen LogP contribution >= 0.6 is 11.3 Å². The predicted octanol–water partition coefficient (Wildman–Crippen LogP) is 2.59. The molecular weight excluding hydrogens is 354 g/mol. The molecule has 26 heavy (non-hydrogen) atoms. The van der Waals surface area contributed by atoms with Gasteiger partial charge >= 0.3 is 0 Å². The fourth-order valence-electron chi connectivity index (χ4n) is 2.57. The number of nitrogens with zero attached hydrogens (tertiary/aromatic N) is 1. The van der Waals surface area contributed by atoms with Crippen LogP contribution in [0.2, 0.25) is 0 Å². The van der Waals surface area contributed by atoms with Crippen LogP contribution in [-0.2, 0) is 0 Å². The molecule has 0 aliphatic rings. The van der Waals surface area contributed by atoms with Crippen molar-refractivity contribution < 1.29 is 14.3 Å². The summed E-state index contributed by atoms with van der Waals surface area (Å²) < 4.78 is 10.6. The molecule has 0 aliphatic heterocycles. The van der Waals surface area contributed by atoms with E-state index in [0.717, 1.165) is 10.6 Å². The second-order valence-electron chi connectivity index (χ2n) is 5.52. The van der Waals surface area contributed by atoms with E-state index in [1.807, 2.05) is 17.5 Å². The topological polar surface area (TPSA) is 107 Å². The first-order chi connectivity index (χ1) is 12.4. The van der Waals surface area contributed by atoms with Crippen molar-refractivity contribution in [3.05, 3.63) is 51.3 Å². The zero-order valence-corrected chi connectivity index (χ0v) is 15.3. The van der Waals surface area contributed by atoms with E-state index in [9.17, 15) is 9.59 Å². The van der Waals surface area contributed by atoms with Crippen LogP contribution in [0.5, 0.6) is 11.5 Å². The molecule has 0 bridgehead atoms. The molecule has 7 nitrogen and oxygen atoms in total. The number of amides is 1. The van der Waals surface area contributed by atoms with E-state index in [-0.39, 0.29) is 5.56 Å². The van der Waals surface area contributed by atoms with Crippen molar-refractivity contribution in [3.63, 3.8) is 0 Å². The minimum absolute atomic E-state index is 0.0952. The van der Waals surface area contributed by atoms with Crippen LogP contribution in [0.25, 0.3) is 21.8 Å². The molecule has 3 N–H and O–H groups in total. The van der Waals surface area contributed by atoms with Crippen molar-refractivity contribution in [1.29, 1.82) is 0 Å². The van der Waals surface area contributed by atoms with Crippen LogP contribution in [0.1, 0.15) is 16.1 Å². The number of ether oxygens (including phenoxy) is 2. The van der Waals surface area contributed by atoms with Crippen LogP contribution in [0.15, 0.2) is 34.4 Å². The van der Waals surface area contributed by atoms with Crippen molar-refractivity contribution >= 4 is 17.2 Å². The van der Waals surface area contributed by atoms with Crippen LogP contribution in [0, 0.1) is 6.92 Å². The van der Waals surface area contributed by atoms with E-state index < -0.39 is 11.5 Å². The lowest BCUT2D eigenvalue weighted by molar-refractivity contribution is 0.0999. The van der Waals surface area contributed by atoms with Gasteiger partial charge in [0.05, 0.1) is 25.5 Å². The number of H-pyrrole nitrogens is 1. The highest BCUT2D eigenvalue weighted by Crippen LogP contribution is 2.37. The third-order valence-corrected chi connectivity index (χ3v) is 4.80. The van der Waals surface area contributed by atoms with Gasteiger partial charge in [0, 0.05) is 22.7 Å². The number of pyridine rings is 1. The number of methoxy groups -OCH3 is 2. The standard InChI is InChI=1S/C18H17N3O4S/c1-9-12(7-13(16(19)22)17(23)20-9)14-8-26-18(21-14)11-5-4-10(24-2)6-15(11)25-3/h4-8H,1-3H3,(H2,19,22)(H,20,23). The maximum atomic E-state index is 11.8. The number of nitrogens with two attached hydrogens (primary N) is 1. The minimum Gasteiger partial charge on any atom is -0.497 e. The molecule has 1 aromatic carbocycles. The normalized spacial score (nSPS) is 10.6. The van der Waals surface area contributed by atoms with E-state index in [1.54, 1.807) is 27.2 Å². The fourth-order valence-corrected chi connectivity index (χ4v) is 3.42. The Bertz CT molecular complexity index is 1040. The Balaban J connectivity index is 2.08. The summed E-state index contributed by atoms with van der Waals surface area (Å²) >= 11 is 1.43. The molecule has 3 aromatic rings. The number of carbonyl (C=O) groups is 1. The number of thiazole rings is 1. The molecule has 2 aromatic heterocycles. The summed E-state index contributed by atoms with van der Waals surface area (Å²) in [5, 5.41) is 2.59. The molecule has 0 atom stereocenters. The average molecular weight is 371 g/mol. The highest BCUT2D eigenvalue weighted by Gasteiger charge is 2.16. The number of aryl methyl sites for hydroxylation is 1. The van der Waals surface area contributed by atoms with Gasteiger partial charge in [0.1, 0.15) is 22.1 Å². The molecule has 3 rings (SSSR count). The Morgan fingerprint density at radius 1 is 1.19 bits per heavy atom. The molecule has 1 amide bonds. The SMILES string of the molecule is COc1ccc(-c2nc(-c3cc(C(N)=O)c(=O)[nH]c3C)cs2)c(OC)c1. The molecule has 0 radical (unpaired) electrons. The highest BCUT2D eigenvalue weighted by atomic mass is 32.1. The van der Waals surface area contributed by atoms with Gasteiger partial charge in [0.25, 0.3) is 11.5 Å². The van der Waals surface area contributed by atoms with Crippen molar-refractivity contribution in [2.45, 2.75) is 6.92 Å². The first-order valence-corrected chi connectivity index (χ1v) is 8.54. The highest BCUT2D eigenvalue weighted by molar-refractivity contribution is 7.13. The van der Waals surface area contributed by atoms with Crippen LogP contribution in [0.3, 0.4) is 0 Å². The summed E-state index contributed by atoms with van der Waals surface area (Å²) in [6.07, 6.45) is 0. The van der Waals surface area contributed by atoms with E-state index in [2.05, 4.69) is 9.97 Å². The lowest BCUT2D eigenvalue weighted by Crippen LogP contribution is -2.24. The van der Waals surface area contributed by atoms with E-state index in [0.29, 0.717) is 28.5 Å². The summed E-state index contributed by atoms with van der Waals surface area (Å²) in [7, 11) is 3.17. The van der Waals surface area contributed by atoms with Gasteiger partial charge in [0.15, 0.2) is 0 Å². The van der Waals surface area contributed by atoms with E-state index >= 15 is 0 Å². The summed E-state index contributed by atoms with van der Waals surface area (Å²) in [5.74, 6) is 0.547. The number of rotatable bonds is 5. The van der Waals surface area contributed by atoms with E-state index in [1.165, 1.54) is 17.4 Å². The van der Waals surface area contributed by atoms with Gasteiger partial charge < -0.3 is 20.2 Å². The van der Waals surface area contributed by atoms with Gasteiger partial charge in [-0.25, -0.2) is 4.98 Å². The quantitative estimate of drug-likeness (QED) is 0.717. The zero-order valence-electron chi connectivity index (χ0n) is 14.5. The van der Waals surface area contributed by atoms with Crippen molar-refractivity contribution in [3.8, 4) is 33.3 Å². The number of aromatic amines is 1. The van der Waals surface area contributed by atoms with Gasteiger partial charge in [-0.05, 0) is 25.1 Å². The van der Waals surface area contributed by atoms with E-state index in [4.69, 9.17) is 15.2 Å². The van der Waals surface area contributed by atoms with Gasteiger partial charge in [-0.2, -0.15) is 0 Å². The molecular formula is C18H17N3O4S. The van der Waals surface area contributed by atoms with Gasteiger partial charge in [-0.1, -0.05) is 0 Å². The molecule has 134 valence electrons. The third-order valence-electron chi connectivity index (χ3n) is 3.92. The summed E-state index contributed by atoms with van der Waals surface area (Å²) in [6, 6.07) is 6.96. The summed E-state index contributed by atoms with van der Waals surface area (Å²) in [6.45, 7) is 1.74. The molecule has 8 heteroatoms. The van der Waals surface area contributed by atoms with Crippen molar-refractivity contribution in [2.24, 2.45) is 5.73 Å². The number of aromatic nitrogens is 2. The molecule has 0 aliphatic carbocycles. The Labute approximate surface area is 153 Å². The lowest BCUT2D eigenvalue weighted by atomic mass is 10.1. The number of carbonyl (C=O) groups excluding carboxylic acids is 1.